The number of rotatable bonds is 3. The van der Waals surface area contributed by atoms with E-state index in [4.69, 9.17) is 0 Å². The number of Topliss-reactive ketones (excluding diaryl/α,β-unsaturated/α-hetero) is 1. The summed E-state index contributed by atoms with van der Waals surface area (Å²) in [5.74, 6) is -1.57. The van der Waals surface area contributed by atoms with Crippen LogP contribution in [0.25, 0.3) is 0 Å². The van der Waals surface area contributed by atoms with Gasteiger partial charge in [0, 0.05) is 4.88 Å². The van der Waals surface area contributed by atoms with Crippen LogP contribution in [-0.4, -0.2) is 5.78 Å². The Morgan fingerprint density at radius 3 is 2.81 bits per heavy atom. The number of thiophene rings is 1. The maximum atomic E-state index is 13.3. The van der Waals surface area contributed by atoms with Crippen molar-refractivity contribution in [1.29, 1.82) is 5.26 Å². The van der Waals surface area contributed by atoms with Crippen molar-refractivity contribution in [2.45, 2.75) is 31.6 Å². The Bertz CT molecular complexity index is 705. The zero-order chi connectivity index (χ0) is 14.8. The Balaban J connectivity index is 1.92. The predicted molar refractivity (Wildman–Crippen MR) is 80.0 cm³/mol. The summed E-state index contributed by atoms with van der Waals surface area (Å²) in [6.45, 7) is 0. The van der Waals surface area contributed by atoms with Crippen LogP contribution in [0.15, 0.2) is 30.3 Å². The zero-order valence-corrected chi connectivity index (χ0v) is 12.3. The van der Waals surface area contributed by atoms with Gasteiger partial charge < -0.3 is 0 Å². The summed E-state index contributed by atoms with van der Waals surface area (Å²) in [4.78, 5) is 14.5. The molecule has 1 unspecified atom stereocenters. The molecule has 1 aromatic heterocycles. The van der Waals surface area contributed by atoms with Gasteiger partial charge in [0.1, 0.15) is 11.7 Å². The van der Waals surface area contributed by atoms with Gasteiger partial charge in [-0.05, 0) is 55.0 Å². The van der Waals surface area contributed by atoms with Crippen LogP contribution in [0.1, 0.15) is 44.4 Å². The number of hydrogen-bond acceptors (Lipinski definition) is 3. The smallest absolute Gasteiger partial charge is 0.194 e. The Morgan fingerprint density at radius 1 is 1.29 bits per heavy atom. The van der Waals surface area contributed by atoms with Gasteiger partial charge in [-0.25, -0.2) is 4.39 Å². The second kappa shape index (κ2) is 5.79. The first-order valence-electron chi connectivity index (χ1n) is 7.00. The van der Waals surface area contributed by atoms with Crippen molar-refractivity contribution in [2.24, 2.45) is 0 Å². The van der Waals surface area contributed by atoms with E-state index in [0.717, 1.165) is 25.7 Å². The first kappa shape index (κ1) is 14.0. The standard InChI is InChI=1S/C17H14FNOS/c18-13-6-3-5-11(8-13)14(10-19)17(20)16-9-12-4-1-2-7-15(12)21-16/h3,5-6,8-9,14H,1-2,4,7H2. The van der Waals surface area contributed by atoms with E-state index in [1.54, 1.807) is 6.07 Å². The van der Waals surface area contributed by atoms with Crippen LogP contribution >= 0.6 is 11.3 Å². The van der Waals surface area contributed by atoms with Gasteiger partial charge in [0.2, 0.25) is 0 Å². The minimum atomic E-state index is -0.930. The molecule has 0 aliphatic heterocycles. The normalized spacial score (nSPS) is 15.0. The van der Waals surface area contributed by atoms with Gasteiger partial charge in [-0.1, -0.05) is 12.1 Å². The highest BCUT2D eigenvalue weighted by molar-refractivity contribution is 7.14. The Morgan fingerprint density at radius 2 is 2.10 bits per heavy atom. The fourth-order valence-corrected chi connectivity index (χ4v) is 3.95. The summed E-state index contributed by atoms with van der Waals surface area (Å²) in [7, 11) is 0. The van der Waals surface area contributed by atoms with Crippen molar-refractivity contribution in [3.63, 3.8) is 0 Å². The average molecular weight is 299 g/mol. The van der Waals surface area contributed by atoms with Crippen molar-refractivity contribution >= 4 is 17.1 Å². The quantitative estimate of drug-likeness (QED) is 0.795. The number of nitrogens with zero attached hydrogens (tertiary/aromatic N) is 1. The molecule has 0 saturated heterocycles. The molecule has 1 aliphatic carbocycles. The predicted octanol–water partition coefficient (Wildman–Crippen LogP) is 4.26. The van der Waals surface area contributed by atoms with E-state index in [-0.39, 0.29) is 5.78 Å². The molecule has 0 radical (unpaired) electrons. The number of aryl methyl sites for hydroxylation is 2. The number of nitriles is 1. The van der Waals surface area contributed by atoms with Crippen LogP contribution < -0.4 is 0 Å². The second-order valence-corrected chi connectivity index (χ2v) is 6.38. The van der Waals surface area contributed by atoms with Gasteiger partial charge in [0.25, 0.3) is 0 Å². The number of carbonyl (C=O) groups is 1. The number of ketones is 1. The van der Waals surface area contributed by atoms with Gasteiger partial charge in [0.15, 0.2) is 5.78 Å². The van der Waals surface area contributed by atoms with Crippen LogP contribution in [-0.2, 0) is 12.8 Å². The molecule has 106 valence electrons. The van der Waals surface area contributed by atoms with E-state index in [0.29, 0.717) is 10.4 Å². The molecule has 0 N–H and O–H groups in total. The van der Waals surface area contributed by atoms with Crippen LogP contribution in [0, 0.1) is 17.1 Å². The second-order valence-electron chi connectivity index (χ2n) is 5.25. The summed E-state index contributed by atoms with van der Waals surface area (Å²) >= 11 is 1.49. The topological polar surface area (TPSA) is 40.9 Å². The summed E-state index contributed by atoms with van der Waals surface area (Å²) < 4.78 is 13.3. The summed E-state index contributed by atoms with van der Waals surface area (Å²) in [6, 6.07) is 9.67. The van der Waals surface area contributed by atoms with E-state index in [9.17, 15) is 14.4 Å². The van der Waals surface area contributed by atoms with Crippen LogP contribution in [0.5, 0.6) is 0 Å². The van der Waals surface area contributed by atoms with Gasteiger partial charge in [0.05, 0.1) is 10.9 Å². The van der Waals surface area contributed by atoms with Crippen molar-refractivity contribution < 1.29 is 9.18 Å². The third kappa shape index (κ3) is 2.74. The molecule has 0 amide bonds. The van der Waals surface area contributed by atoms with Crippen LogP contribution in [0.3, 0.4) is 0 Å². The zero-order valence-electron chi connectivity index (χ0n) is 11.4. The first-order chi connectivity index (χ1) is 10.2. The molecule has 2 nitrogen and oxygen atoms in total. The first-order valence-corrected chi connectivity index (χ1v) is 7.81. The Hall–Kier alpha value is -1.99. The number of fused-ring (bicyclic) bond motifs is 1. The summed E-state index contributed by atoms with van der Waals surface area (Å²) in [5, 5.41) is 9.32. The molecule has 1 atom stereocenters. The molecule has 1 heterocycles. The number of hydrogen-bond donors (Lipinski definition) is 0. The van der Waals surface area contributed by atoms with Crippen molar-refractivity contribution in [3.8, 4) is 6.07 Å². The molecule has 3 rings (SSSR count). The van der Waals surface area contributed by atoms with Gasteiger partial charge >= 0.3 is 0 Å². The van der Waals surface area contributed by atoms with Gasteiger partial charge in [-0.2, -0.15) is 5.26 Å². The van der Waals surface area contributed by atoms with E-state index >= 15 is 0 Å². The molecule has 1 aromatic carbocycles. The van der Waals surface area contributed by atoms with Crippen molar-refractivity contribution in [1.82, 2.24) is 0 Å². The van der Waals surface area contributed by atoms with E-state index in [2.05, 4.69) is 0 Å². The monoisotopic (exact) mass is 299 g/mol. The molecule has 0 spiro atoms. The molecular formula is C17H14FNOS. The fourth-order valence-electron chi connectivity index (χ4n) is 2.73. The number of carbonyl (C=O) groups excluding carboxylic acids is 1. The van der Waals surface area contributed by atoms with E-state index in [1.807, 2.05) is 12.1 Å². The fraction of sp³-hybridized carbons (Fsp3) is 0.294. The minimum Gasteiger partial charge on any atom is -0.291 e. The summed E-state index contributed by atoms with van der Waals surface area (Å²) in [5.41, 5.74) is 1.67. The van der Waals surface area contributed by atoms with E-state index < -0.39 is 11.7 Å². The lowest BCUT2D eigenvalue weighted by Gasteiger charge is -2.08. The summed E-state index contributed by atoms with van der Waals surface area (Å²) in [6.07, 6.45) is 4.34. The van der Waals surface area contributed by atoms with Gasteiger partial charge in [-0.3, -0.25) is 4.79 Å². The highest BCUT2D eigenvalue weighted by Crippen LogP contribution is 2.32. The lowest BCUT2D eigenvalue weighted by atomic mass is 9.94. The number of halogens is 1. The average Bonchev–Trinajstić information content (AvgIpc) is 2.92. The van der Waals surface area contributed by atoms with Crippen LogP contribution in [0.4, 0.5) is 4.39 Å². The third-order valence-corrected chi connectivity index (χ3v) is 5.06. The highest BCUT2D eigenvalue weighted by Gasteiger charge is 2.25. The van der Waals surface area contributed by atoms with E-state index in [1.165, 1.54) is 40.0 Å². The lowest BCUT2D eigenvalue weighted by molar-refractivity contribution is 0.0982. The SMILES string of the molecule is N#CC(C(=O)c1cc2c(s1)CCCC2)c1cccc(F)c1. The third-order valence-electron chi connectivity index (χ3n) is 3.81. The minimum absolute atomic E-state index is 0.220. The Kier molecular flexibility index (Phi) is 3.85. The van der Waals surface area contributed by atoms with Gasteiger partial charge in [-0.15, -0.1) is 11.3 Å². The number of benzene rings is 1. The molecule has 0 bridgehead atoms. The Labute approximate surface area is 126 Å². The molecular weight excluding hydrogens is 285 g/mol. The molecule has 0 saturated carbocycles. The molecule has 21 heavy (non-hydrogen) atoms. The van der Waals surface area contributed by atoms with Crippen molar-refractivity contribution in [2.75, 3.05) is 0 Å². The molecule has 2 aromatic rings. The largest absolute Gasteiger partial charge is 0.291 e. The molecule has 0 fully saturated rings. The molecule has 1 aliphatic rings. The van der Waals surface area contributed by atoms with Crippen molar-refractivity contribution in [3.05, 3.63) is 57.0 Å². The maximum absolute atomic E-state index is 13.3. The highest BCUT2D eigenvalue weighted by atomic mass is 32.1. The molecule has 4 heteroatoms. The van der Waals surface area contributed by atoms with Crippen LogP contribution in [0.2, 0.25) is 0 Å². The lowest BCUT2D eigenvalue weighted by Crippen LogP contribution is -2.10. The maximum Gasteiger partial charge on any atom is 0.194 e.